The fraction of sp³-hybridized carbons (Fsp3) is 0.0714. The molecule has 0 saturated heterocycles. The Morgan fingerprint density at radius 3 is 2.41 bits per heavy atom. The largest absolute Gasteiger partial charge is 0.438 e. The van der Waals surface area contributed by atoms with E-state index in [1.165, 1.54) is 19.3 Å². The summed E-state index contributed by atoms with van der Waals surface area (Å²) in [6.45, 7) is 0. The zero-order valence-electron chi connectivity index (χ0n) is 11.4. The van der Waals surface area contributed by atoms with Crippen LogP contribution >= 0.6 is 23.2 Å². The Balaban J connectivity index is 2.06. The average Bonchev–Trinajstić information content (AvgIpc) is 2.51. The Hall–Kier alpha value is -2.31. The molecule has 0 spiro atoms. The number of nitrogens with zero attached hydrogens (tertiary/aromatic N) is 1. The summed E-state index contributed by atoms with van der Waals surface area (Å²) in [5.74, 6) is -0.793. The molecule has 6 nitrogen and oxygen atoms in total. The van der Waals surface area contributed by atoms with Crippen molar-refractivity contribution in [1.29, 1.82) is 0 Å². The Kier molecular flexibility index (Phi) is 5.19. The first-order valence-corrected chi connectivity index (χ1v) is 6.87. The van der Waals surface area contributed by atoms with E-state index in [1.54, 1.807) is 24.3 Å². The molecule has 1 heterocycles. The van der Waals surface area contributed by atoms with E-state index < -0.39 is 11.8 Å². The molecule has 0 atom stereocenters. The van der Waals surface area contributed by atoms with E-state index in [0.717, 1.165) is 0 Å². The molecule has 1 aromatic heterocycles. The lowest BCUT2D eigenvalue weighted by Gasteiger charge is -2.08. The van der Waals surface area contributed by atoms with Crippen molar-refractivity contribution in [3.05, 3.63) is 46.6 Å². The Morgan fingerprint density at radius 1 is 1.14 bits per heavy atom. The third kappa shape index (κ3) is 4.09. The van der Waals surface area contributed by atoms with Gasteiger partial charge in [-0.15, -0.1) is 0 Å². The normalized spacial score (nSPS) is 9.95. The van der Waals surface area contributed by atoms with Crippen molar-refractivity contribution in [3.63, 3.8) is 0 Å². The maximum Gasteiger partial charge on any atom is 0.313 e. The van der Waals surface area contributed by atoms with Crippen molar-refractivity contribution in [2.45, 2.75) is 0 Å². The van der Waals surface area contributed by atoms with Crippen molar-refractivity contribution in [2.24, 2.45) is 0 Å². The summed E-state index contributed by atoms with van der Waals surface area (Å²) in [4.78, 5) is 26.5. The van der Waals surface area contributed by atoms with Crippen LogP contribution in [0.5, 0.6) is 11.6 Å². The van der Waals surface area contributed by atoms with E-state index in [2.05, 4.69) is 15.6 Å². The molecule has 2 aromatic rings. The molecule has 8 heteroatoms. The maximum atomic E-state index is 11.4. The van der Waals surface area contributed by atoms with Gasteiger partial charge >= 0.3 is 11.8 Å². The second-order valence-corrected chi connectivity index (χ2v) is 4.94. The van der Waals surface area contributed by atoms with Gasteiger partial charge in [0.2, 0.25) is 5.88 Å². The molecule has 2 amide bonds. The molecule has 22 heavy (non-hydrogen) atoms. The number of ether oxygens (including phenoxy) is 1. The second kappa shape index (κ2) is 7.11. The number of hydrogen-bond donors (Lipinski definition) is 2. The zero-order valence-corrected chi connectivity index (χ0v) is 12.9. The summed E-state index contributed by atoms with van der Waals surface area (Å²) in [7, 11) is 1.38. The lowest BCUT2D eigenvalue weighted by molar-refractivity contribution is -0.135. The first-order chi connectivity index (χ1) is 10.5. The molecular weight excluding hydrogens is 329 g/mol. The number of hydrogen-bond acceptors (Lipinski definition) is 4. The van der Waals surface area contributed by atoms with Crippen molar-refractivity contribution in [2.75, 3.05) is 12.4 Å². The van der Waals surface area contributed by atoms with Crippen LogP contribution in [0.3, 0.4) is 0 Å². The van der Waals surface area contributed by atoms with Crippen LogP contribution in [0.15, 0.2) is 36.5 Å². The predicted molar refractivity (Wildman–Crippen MR) is 83.5 cm³/mol. The van der Waals surface area contributed by atoms with Crippen LogP contribution in [-0.4, -0.2) is 23.8 Å². The fourth-order valence-electron chi connectivity index (χ4n) is 1.50. The number of rotatable bonds is 3. The molecule has 0 radical (unpaired) electrons. The van der Waals surface area contributed by atoms with E-state index in [-0.39, 0.29) is 10.9 Å². The summed E-state index contributed by atoms with van der Waals surface area (Å²) >= 11 is 11.7. The highest BCUT2D eigenvalue weighted by molar-refractivity contribution is 6.39. The number of anilines is 1. The molecule has 0 aliphatic rings. The topological polar surface area (TPSA) is 80.3 Å². The van der Waals surface area contributed by atoms with E-state index in [4.69, 9.17) is 27.9 Å². The molecule has 2 rings (SSSR count). The number of aromatic nitrogens is 1. The molecule has 0 bridgehead atoms. The number of carbonyl (C=O) groups excluding carboxylic acids is 2. The first kappa shape index (κ1) is 16.1. The molecule has 0 aliphatic heterocycles. The third-order valence-corrected chi connectivity index (χ3v) is 3.01. The third-order valence-electron chi connectivity index (χ3n) is 2.53. The van der Waals surface area contributed by atoms with Gasteiger partial charge in [-0.1, -0.05) is 23.2 Å². The molecule has 0 unspecified atom stereocenters. The highest BCUT2D eigenvalue weighted by atomic mass is 35.5. The van der Waals surface area contributed by atoms with Crippen molar-refractivity contribution in [1.82, 2.24) is 10.3 Å². The summed E-state index contributed by atoms with van der Waals surface area (Å²) in [5.41, 5.74) is 0.455. The van der Waals surface area contributed by atoms with Gasteiger partial charge in [0.15, 0.2) is 0 Å². The van der Waals surface area contributed by atoms with Gasteiger partial charge in [0.1, 0.15) is 10.8 Å². The lowest BCUT2D eigenvalue weighted by atomic mass is 10.3. The van der Waals surface area contributed by atoms with Crippen LogP contribution in [0.25, 0.3) is 0 Å². The number of likely N-dealkylation sites (N-methyl/N-ethyl adjacent to an activating group) is 1. The van der Waals surface area contributed by atoms with Gasteiger partial charge in [0.05, 0.1) is 5.02 Å². The smallest absolute Gasteiger partial charge is 0.313 e. The minimum atomic E-state index is -0.751. The molecule has 114 valence electrons. The molecule has 2 N–H and O–H groups in total. The van der Waals surface area contributed by atoms with Crippen molar-refractivity contribution < 1.29 is 14.3 Å². The Labute approximate surface area is 136 Å². The van der Waals surface area contributed by atoms with Crippen molar-refractivity contribution in [3.8, 4) is 11.6 Å². The quantitative estimate of drug-likeness (QED) is 0.842. The highest BCUT2D eigenvalue weighted by Crippen LogP contribution is 2.29. The van der Waals surface area contributed by atoms with Crippen molar-refractivity contribution >= 4 is 40.7 Å². The number of nitrogens with one attached hydrogen (secondary N) is 2. The average molecular weight is 340 g/mol. The van der Waals surface area contributed by atoms with Gasteiger partial charge in [-0.2, -0.15) is 0 Å². The Bertz CT molecular complexity index is 705. The van der Waals surface area contributed by atoms with E-state index in [9.17, 15) is 9.59 Å². The van der Waals surface area contributed by atoms with Crippen LogP contribution in [0.4, 0.5) is 5.69 Å². The molecule has 0 saturated carbocycles. The number of carbonyl (C=O) groups is 2. The van der Waals surface area contributed by atoms with Gasteiger partial charge in [-0.05, 0) is 30.3 Å². The summed E-state index contributed by atoms with van der Waals surface area (Å²) in [5, 5.41) is 5.36. The van der Waals surface area contributed by atoms with E-state index in [0.29, 0.717) is 16.5 Å². The predicted octanol–water partition coefficient (Wildman–Crippen LogP) is 2.87. The minimum absolute atomic E-state index is 0.216. The maximum absolute atomic E-state index is 11.4. The van der Waals surface area contributed by atoms with Gasteiger partial charge in [0.25, 0.3) is 0 Å². The zero-order chi connectivity index (χ0) is 16.1. The fourth-order valence-corrected chi connectivity index (χ4v) is 1.92. The van der Waals surface area contributed by atoms with Gasteiger partial charge in [-0.3, -0.25) is 9.59 Å². The van der Waals surface area contributed by atoms with Crippen LogP contribution in [0.2, 0.25) is 10.0 Å². The standard InChI is InChI=1S/C14H11Cl2N3O3/c1-17-12(20)13(21)19-9-2-4-10(5-3-9)22-14-11(16)6-8(15)7-18-14/h2-7H,1H3,(H,17,20)(H,19,21). The Morgan fingerprint density at radius 2 is 1.82 bits per heavy atom. The van der Waals surface area contributed by atoms with Gasteiger partial charge < -0.3 is 15.4 Å². The second-order valence-electron chi connectivity index (χ2n) is 4.10. The van der Waals surface area contributed by atoms with E-state index >= 15 is 0 Å². The number of amides is 2. The first-order valence-electron chi connectivity index (χ1n) is 6.11. The SMILES string of the molecule is CNC(=O)C(=O)Nc1ccc(Oc2ncc(Cl)cc2Cl)cc1. The van der Waals surface area contributed by atoms with Crippen LogP contribution in [0.1, 0.15) is 0 Å². The lowest BCUT2D eigenvalue weighted by Crippen LogP contribution is -2.32. The molecule has 0 aliphatic carbocycles. The molecule has 1 aromatic carbocycles. The van der Waals surface area contributed by atoms with Crippen LogP contribution < -0.4 is 15.4 Å². The monoisotopic (exact) mass is 339 g/mol. The summed E-state index contributed by atoms with van der Waals surface area (Å²) in [6.07, 6.45) is 1.42. The van der Waals surface area contributed by atoms with E-state index in [1.807, 2.05) is 0 Å². The molecule has 0 fully saturated rings. The number of halogens is 2. The summed E-state index contributed by atoms with van der Waals surface area (Å²) < 4.78 is 5.50. The van der Waals surface area contributed by atoms with Crippen LogP contribution in [0, 0.1) is 0 Å². The van der Waals surface area contributed by atoms with Crippen LogP contribution in [-0.2, 0) is 9.59 Å². The highest BCUT2D eigenvalue weighted by Gasteiger charge is 2.11. The molecular formula is C14H11Cl2N3O3. The summed E-state index contributed by atoms with van der Waals surface area (Å²) in [6, 6.07) is 7.89. The number of benzene rings is 1. The van der Waals surface area contributed by atoms with Gasteiger partial charge in [0, 0.05) is 18.9 Å². The van der Waals surface area contributed by atoms with Gasteiger partial charge in [-0.25, -0.2) is 4.98 Å². The minimum Gasteiger partial charge on any atom is -0.438 e. The number of pyridine rings is 1.